The molecule has 2 aromatic rings. The van der Waals surface area contributed by atoms with Crippen LogP contribution in [0.25, 0.3) is 11.3 Å². The molecule has 4 heteroatoms. The van der Waals surface area contributed by atoms with E-state index in [0.717, 1.165) is 29.4 Å². The molecular weight excluding hydrogens is 364 g/mol. The minimum Gasteiger partial charge on any atom is -0.287 e. The van der Waals surface area contributed by atoms with Crippen LogP contribution in [0.4, 0.5) is 0 Å². The molecule has 0 radical (unpaired) electrons. The zero-order valence-electron chi connectivity index (χ0n) is 16.9. The summed E-state index contributed by atoms with van der Waals surface area (Å²) < 4.78 is 2.02. The van der Waals surface area contributed by atoms with Gasteiger partial charge < -0.3 is 0 Å². The largest absolute Gasteiger partial charge is 0.287 e. The van der Waals surface area contributed by atoms with Gasteiger partial charge in [0.2, 0.25) is 0 Å². The Kier molecular flexibility index (Phi) is 4.86. The van der Waals surface area contributed by atoms with Crippen LogP contribution in [0.3, 0.4) is 0 Å². The lowest BCUT2D eigenvalue weighted by Crippen LogP contribution is -2.38. The van der Waals surface area contributed by atoms with Crippen molar-refractivity contribution in [2.45, 2.75) is 81.3 Å². The monoisotopic (exact) mass is 394 g/mol. The normalized spacial score (nSPS) is 20.9. The predicted molar refractivity (Wildman–Crippen MR) is 116 cm³/mol. The minimum absolute atomic E-state index is 0.161. The van der Waals surface area contributed by atoms with Crippen LogP contribution < -0.4 is 5.56 Å². The molecule has 2 saturated carbocycles. The number of aromatic nitrogens is 2. The van der Waals surface area contributed by atoms with E-state index in [9.17, 15) is 4.79 Å². The van der Waals surface area contributed by atoms with Crippen molar-refractivity contribution in [2.75, 3.05) is 6.26 Å². The molecule has 0 N–H and O–H groups in total. The van der Waals surface area contributed by atoms with Crippen LogP contribution in [0, 0.1) is 5.92 Å². The lowest BCUT2D eigenvalue weighted by Gasteiger charge is -2.37. The zero-order valence-corrected chi connectivity index (χ0v) is 17.7. The molecule has 0 aliphatic heterocycles. The molecule has 0 atom stereocenters. The predicted octanol–water partition coefficient (Wildman–Crippen LogP) is 5.58. The van der Waals surface area contributed by atoms with E-state index in [0.29, 0.717) is 5.92 Å². The first-order chi connectivity index (χ1) is 13.7. The molecule has 1 heterocycles. The van der Waals surface area contributed by atoms with Gasteiger partial charge in [0.1, 0.15) is 0 Å². The van der Waals surface area contributed by atoms with Gasteiger partial charge in [-0.3, -0.25) is 9.36 Å². The van der Waals surface area contributed by atoms with E-state index >= 15 is 0 Å². The first kappa shape index (κ1) is 18.5. The van der Waals surface area contributed by atoms with Crippen LogP contribution in [-0.2, 0) is 18.4 Å². The second-order valence-corrected chi connectivity index (χ2v) is 9.83. The Bertz CT molecular complexity index is 936. The van der Waals surface area contributed by atoms with Crippen molar-refractivity contribution < 1.29 is 0 Å². The number of thioether (sulfide) groups is 1. The third-order valence-electron chi connectivity index (χ3n) is 7.40. The topological polar surface area (TPSA) is 34.9 Å². The Labute approximate surface area is 172 Å². The van der Waals surface area contributed by atoms with Gasteiger partial charge in [-0.2, -0.15) is 0 Å². The quantitative estimate of drug-likeness (QED) is 0.503. The van der Waals surface area contributed by atoms with E-state index in [-0.39, 0.29) is 11.0 Å². The molecule has 5 rings (SSSR count). The molecule has 0 unspecified atom stereocenters. The summed E-state index contributed by atoms with van der Waals surface area (Å²) in [6.07, 6.45) is 14.4. The number of hydrogen-bond donors (Lipinski definition) is 0. The van der Waals surface area contributed by atoms with Gasteiger partial charge in [0.05, 0.1) is 5.69 Å². The number of rotatable bonds is 3. The number of fused-ring (bicyclic) bond motifs is 4. The maximum atomic E-state index is 13.7. The van der Waals surface area contributed by atoms with Gasteiger partial charge in [-0.05, 0) is 49.8 Å². The molecule has 1 spiro atoms. The highest BCUT2D eigenvalue weighted by molar-refractivity contribution is 7.98. The smallest absolute Gasteiger partial charge is 0.258 e. The Morgan fingerprint density at radius 1 is 1.11 bits per heavy atom. The van der Waals surface area contributed by atoms with Gasteiger partial charge in [0.25, 0.3) is 5.56 Å². The molecule has 3 nitrogen and oxygen atoms in total. The molecule has 3 aliphatic rings. The Morgan fingerprint density at radius 3 is 2.61 bits per heavy atom. The van der Waals surface area contributed by atoms with Gasteiger partial charge in [0.15, 0.2) is 5.16 Å². The Balaban J connectivity index is 1.64. The van der Waals surface area contributed by atoms with Crippen LogP contribution in [0.15, 0.2) is 34.2 Å². The molecule has 3 aliphatic carbocycles. The van der Waals surface area contributed by atoms with E-state index in [1.807, 2.05) is 4.57 Å². The maximum Gasteiger partial charge on any atom is 0.258 e. The van der Waals surface area contributed by atoms with Crippen LogP contribution in [0.2, 0.25) is 0 Å². The average molecular weight is 395 g/mol. The lowest BCUT2D eigenvalue weighted by molar-refractivity contribution is 0.304. The summed E-state index contributed by atoms with van der Waals surface area (Å²) >= 11 is 1.62. The van der Waals surface area contributed by atoms with Gasteiger partial charge in [-0.1, -0.05) is 68.1 Å². The summed E-state index contributed by atoms with van der Waals surface area (Å²) in [5.74, 6) is 0.633. The van der Waals surface area contributed by atoms with Crippen molar-refractivity contribution in [3.63, 3.8) is 0 Å². The summed E-state index contributed by atoms with van der Waals surface area (Å²) in [6, 6.07) is 8.74. The van der Waals surface area contributed by atoms with Crippen molar-refractivity contribution in [3.8, 4) is 11.3 Å². The van der Waals surface area contributed by atoms with Crippen LogP contribution in [0.1, 0.15) is 68.9 Å². The summed E-state index contributed by atoms with van der Waals surface area (Å²) in [5.41, 5.74) is 4.98. The molecular formula is C24H30N2OS. The van der Waals surface area contributed by atoms with E-state index in [1.165, 1.54) is 68.9 Å². The molecule has 0 amide bonds. The van der Waals surface area contributed by atoms with Crippen LogP contribution in [0.5, 0.6) is 0 Å². The SMILES string of the molecule is CSc1nc2c(c(=O)n1CC1CCCCC1)CC1(CCCC1)c1ccccc1-2. The van der Waals surface area contributed by atoms with Crippen molar-refractivity contribution in [1.29, 1.82) is 0 Å². The van der Waals surface area contributed by atoms with E-state index in [4.69, 9.17) is 4.98 Å². The van der Waals surface area contributed by atoms with Gasteiger partial charge in [-0.25, -0.2) is 4.98 Å². The molecule has 0 bridgehead atoms. The second-order valence-electron chi connectivity index (χ2n) is 9.06. The number of nitrogens with zero attached hydrogens (tertiary/aromatic N) is 2. The molecule has 1 aromatic heterocycles. The minimum atomic E-state index is 0.161. The second kappa shape index (κ2) is 7.37. The summed E-state index contributed by atoms with van der Waals surface area (Å²) in [6.45, 7) is 0.851. The Morgan fingerprint density at radius 2 is 1.86 bits per heavy atom. The first-order valence-corrected chi connectivity index (χ1v) is 12.2. The fraction of sp³-hybridized carbons (Fsp3) is 0.583. The summed E-state index contributed by atoms with van der Waals surface area (Å²) in [4.78, 5) is 18.8. The van der Waals surface area contributed by atoms with Gasteiger partial charge in [0, 0.05) is 23.1 Å². The fourth-order valence-electron chi connectivity index (χ4n) is 5.98. The molecule has 2 fully saturated rings. The van der Waals surface area contributed by atoms with Gasteiger partial charge in [-0.15, -0.1) is 0 Å². The van der Waals surface area contributed by atoms with Gasteiger partial charge >= 0.3 is 0 Å². The summed E-state index contributed by atoms with van der Waals surface area (Å²) in [7, 11) is 0. The fourth-order valence-corrected chi connectivity index (χ4v) is 6.55. The molecule has 148 valence electrons. The summed E-state index contributed by atoms with van der Waals surface area (Å²) in [5, 5.41) is 0.895. The van der Waals surface area contributed by atoms with E-state index in [2.05, 4.69) is 30.5 Å². The molecule has 28 heavy (non-hydrogen) atoms. The maximum absolute atomic E-state index is 13.7. The highest BCUT2D eigenvalue weighted by atomic mass is 32.2. The van der Waals surface area contributed by atoms with Crippen molar-refractivity contribution in [3.05, 3.63) is 45.7 Å². The van der Waals surface area contributed by atoms with Crippen LogP contribution in [-0.4, -0.2) is 15.8 Å². The Hall–Kier alpha value is -1.55. The first-order valence-electron chi connectivity index (χ1n) is 11.0. The molecule has 0 saturated heterocycles. The average Bonchev–Trinajstić information content (AvgIpc) is 3.21. The highest BCUT2D eigenvalue weighted by Gasteiger charge is 2.42. The highest BCUT2D eigenvalue weighted by Crippen LogP contribution is 2.50. The molecule has 1 aromatic carbocycles. The van der Waals surface area contributed by atoms with E-state index < -0.39 is 0 Å². The number of hydrogen-bond acceptors (Lipinski definition) is 3. The van der Waals surface area contributed by atoms with Crippen molar-refractivity contribution >= 4 is 11.8 Å². The van der Waals surface area contributed by atoms with Crippen molar-refractivity contribution in [1.82, 2.24) is 9.55 Å². The zero-order chi connectivity index (χ0) is 19.1. The van der Waals surface area contributed by atoms with Crippen molar-refractivity contribution in [2.24, 2.45) is 5.92 Å². The third-order valence-corrected chi connectivity index (χ3v) is 8.08. The lowest BCUT2D eigenvalue weighted by atomic mass is 9.68. The number of benzene rings is 1. The van der Waals surface area contributed by atoms with Crippen LogP contribution >= 0.6 is 11.8 Å². The standard InChI is InChI=1S/C24H30N2OS/c1-28-23-25-21-18-11-5-6-12-20(18)24(13-7-8-14-24)15-19(21)22(27)26(23)16-17-9-3-2-4-10-17/h5-6,11-12,17H,2-4,7-10,13-16H2,1H3. The van der Waals surface area contributed by atoms with E-state index in [1.54, 1.807) is 11.8 Å². The third kappa shape index (κ3) is 2.96.